The number of hydrogen-bond acceptors (Lipinski definition) is 6. The number of anilines is 1. The Balaban J connectivity index is 1.48. The SMILES string of the molecule is COCCCNC(=O)c1c(NC(=O)c2ccc(C3SCCCS3)cc2)sc2c1CCCC2. The van der Waals surface area contributed by atoms with Gasteiger partial charge in [-0.25, -0.2) is 0 Å². The number of ether oxygens (including phenoxy) is 1. The van der Waals surface area contributed by atoms with Crippen molar-refractivity contribution in [2.45, 2.75) is 43.1 Å². The Labute approximate surface area is 202 Å². The highest BCUT2D eigenvalue weighted by Crippen LogP contribution is 2.43. The van der Waals surface area contributed by atoms with E-state index in [0.717, 1.165) is 37.7 Å². The summed E-state index contributed by atoms with van der Waals surface area (Å²) in [5, 5.41) is 6.72. The van der Waals surface area contributed by atoms with Crippen molar-refractivity contribution >= 4 is 51.7 Å². The second-order valence-electron chi connectivity index (χ2n) is 8.02. The third-order valence-corrected chi connectivity index (χ3v) is 9.93. The summed E-state index contributed by atoms with van der Waals surface area (Å²) >= 11 is 5.51. The molecular weight excluding hydrogens is 460 g/mol. The van der Waals surface area contributed by atoms with Crippen molar-refractivity contribution in [3.05, 3.63) is 51.4 Å². The van der Waals surface area contributed by atoms with Crippen LogP contribution in [0.1, 0.15) is 67.0 Å². The molecule has 2 N–H and O–H groups in total. The molecule has 2 heterocycles. The zero-order chi connectivity index (χ0) is 22.3. The summed E-state index contributed by atoms with van der Waals surface area (Å²) in [6.07, 6.45) is 6.12. The fourth-order valence-corrected chi connectivity index (χ4v) is 8.22. The van der Waals surface area contributed by atoms with Gasteiger partial charge in [-0.3, -0.25) is 9.59 Å². The van der Waals surface area contributed by atoms with Gasteiger partial charge in [0.05, 0.1) is 10.1 Å². The van der Waals surface area contributed by atoms with Crippen LogP contribution in [0, 0.1) is 0 Å². The van der Waals surface area contributed by atoms with Crippen LogP contribution in [-0.4, -0.2) is 43.6 Å². The van der Waals surface area contributed by atoms with Crippen molar-refractivity contribution in [1.29, 1.82) is 0 Å². The number of aryl methyl sites for hydroxylation is 1. The van der Waals surface area contributed by atoms with Gasteiger partial charge in [-0.2, -0.15) is 0 Å². The molecule has 32 heavy (non-hydrogen) atoms. The second kappa shape index (κ2) is 11.6. The summed E-state index contributed by atoms with van der Waals surface area (Å²) in [5.74, 6) is 2.13. The van der Waals surface area contributed by atoms with E-state index in [1.54, 1.807) is 18.4 Å². The van der Waals surface area contributed by atoms with Gasteiger partial charge in [0.2, 0.25) is 0 Å². The van der Waals surface area contributed by atoms with Crippen LogP contribution in [0.3, 0.4) is 0 Å². The summed E-state index contributed by atoms with van der Waals surface area (Å²) in [5.41, 5.74) is 3.65. The van der Waals surface area contributed by atoms with Gasteiger partial charge in [0.15, 0.2) is 0 Å². The van der Waals surface area contributed by atoms with Gasteiger partial charge in [0, 0.05) is 30.7 Å². The summed E-state index contributed by atoms with van der Waals surface area (Å²) in [6, 6.07) is 7.93. The molecule has 172 valence electrons. The number of methoxy groups -OCH3 is 1. The quantitative estimate of drug-likeness (QED) is 0.477. The average molecular weight is 491 g/mol. The molecule has 2 aromatic rings. The van der Waals surface area contributed by atoms with Gasteiger partial charge < -0.3 is 15.4 Å². The molecule has 1 aromatic carbocycles. The number of thiophene rings is 1. The third-order valence-electron chi connectivity index (χ3n) is 5.71. The van der Waals surface area contributed by atoms with Gasteiger partial charge in [-0.1, -0.05) is 12.1 Å². The monoisotopic (exact) mass is 490 g/mol. The fraction of sp³-hybridized carbons (Fsp3) is 0.500. The molecule has 8 heteroatoms. The zero-order valence-corrected chi connectivity index (χ0v) is 20.9. The lowest BCUT2D eigenvalue weighted by Gasteiger charge is -2.21. The molecule has 0 unspecified atom stereocenters. The van der Waals surface area contributed by atoms with Crippen molar-refractivity contribution in [2.24, 2.45) is 0 Å². The number of benzene rings is 1. The van der Waals surface area contributed by atoms with E-state index in [2.05, 4.69) is 22.8 Å². The van der Waals surface area contributed by atoms with Crippen molar-refractivity contribution in [3.8, 4) is 0 Å². The van der Waals surface area contributed by atoms with Crippen LogP contribution < -0.4 is 10.6 Å². The van der Waals surface area contributed by atoms with E-state index in [1.807, 2.05) is 35.7 Å². The minimum Gasteiger partial charge on any atom is -0.385 e. The first-order chi connectivity index (χ1) is 15.7. The van der Waals surface area contributed by atoms with E-state index >= 15 is 0 Å². The summed E-state index contributed by atoms with van der Waals surface area (Å²) in [7, 11) is 1.66. The maximum Gasteiger partial charge on any atom is 0.256 e. The van der Waals surface area contributed by atoms with E-state index in [9.17, 15) is 9.59 Å². The van der Waals surface area contributed by atoms with E-state index in [0.29, 0.717) is 33.9 Å². The summed E-state index contributed by atoms with van der Waals surface area (Å²) in [6.45, 7) is 1.17. The minimum atomic E-state index is -0.160. The second-order valence-corrected chi connectivity index (χ2v) is 11.9. The summed E-state index contributed by atoms with van der Waals surface area (Å²) in [4.78, 5) is 27.3. The van der Waals surface area contributed by atoms with Crippen LogP contribution in [0.5, 0.6) is 0 Å². The molecule has 2 amide bonds. The summed E-state index contributed by atoms with van der Waals surface area (Å²) < 4.78 is 5.53. The molecule has 5 nitrogen and oxygen atoms in total. The third kappa shape index (κ3) is 5.71. The molecule has 1 aliphatic carbocycles. The molecule has 1 saturated heterocycles. The topological polar surface area (TPSA) is 67.4 Å². The first-order valence-corrected chi connectivity index (χ1v) is 14.1. The standard InChI is InChI=1S/C24H30N2O3S3/c1-29-13-4-12-25-22(28)20-18-6-2-3-7-19(18)32-23(20)26-21(27)16-8-10-17(11-9-16)24-30-14-5-15-31-24/h8-11,24H,2-7,12-15H2,1H3,(H,25,28)(H,26,27). The van der Waals surface area contributed by atoms with Gasteiger partial charge in [0.1, 0.15) is 5.00 Å². The Bertz CT molecular complexity index is 937. The number of nitrogens with one attached hydrogen (secondary N) is 2. The van der Waals surface area contributed by atoms with Gasteiger partial charge in [0.25, 0.3) is 11.8 Å². The van der Waals surface area contributed by atoms with E-state index < -0.39 is 0 Å². The average Bonchev–Trinajstić information content (AvgIpc) is 3.20. The predicted octanol–water partition coefficient (Wildman–Crippen LogP) is 5.51. The van der Waals surface area contributed by atoms with E-state index in [4.69, 9.17) is 4.74 Å². The number of amides is 2. The lowest BCUT2D eigenvalue weighted by Crippen LogP contribution is -2.27. The lowest BCUT2D eigenvalue weighted by atomic mass is 9.95. The van der Waals surface area contributed by atoms with Crippen LogP contribution in [0.4, 0.5) is 5.00 Å². The van der Waals surface area contributed by atoms with Gasteiger partial charge >= 0.3 is 0 Å². The molecule has 0 atom stereocenters. The Morgan fingerprint density at radius 3 is 2.53 bits per heavy atom. The van der Waals surface area contributed by atoms with Crippen molar-refractivity contribution in [3.63, 3.8) is 0 Å². The molecule has 2 aliphatic rings. The Kier molecular flexibility index (Phi) is 8.57. The number of carbonyl (C=O) groups excluding carboxylic acids is 2. The lowest BCUT2D eigenvalue weighted by molar-refractivity contribution is 0.0948. The van der Waals surface area contributed by atoms with E-state index in [1.165, 1.54) is 28.4 Å². The molecule has 1 aromatic heterocycles. The number of carbonyl (C=O) groups is 2. The molecule has 0 radical (unpaired) electrons. The van der Waals surface area contributed by atoms with Crippen molar-refractivity contribution in [2.75, 3.05) is 37.1 Å². The Hall–Kier alpha value is -1.48. The van der Waals surface area contributed by atoms with Crippen molar-refractivity contribution < 1.29 is 14.3 Å². The van der Waals surface area contributed by atoms with Crippen molar-refractivity contribution in [1.82, 2.24) is 5.32 Å². The van der Waals surface area contributed by atoms with Gasteiger partial charge in [-0.15, -0.1) is 34.9 Å². The molecule has 1 aliphatic heterocycles. The maximum atomic E-state index is 13.0. The highest BCUT2D eigenvalue weighted by atomic mass is 32.2. The Morgan fingerprint density at radius 1 is 1.03 bits per heavy atom. The fourth-order valence-electron chi connectivity index (χ4n) is 4.05. The molecular formula is C24H30N2O3S3. The maximum absolute atomic E-state index is 13.0. The largest absolute Gasteiger partial charge is 0.385 e. The van der Waals surface area contributed by atoms with E-state index in [-0.39, 0.29) is 11.8 Å². The number of thioether (sulfide) groups is 2. The van der Waals surface area contributed by atoms with Crippen LogP contribution in [0.2, 0.25) is 0 Å². The van der Waals surface area contributed by atoms with Gasteiger partial charge in [-0.05, 0) is 73.3 Å². The zero-order valence-electron chi connectivity index (χ0n) is 18.4. The van der Waals surface area contributed by atoms with Crippen LogP contribution in [0.15, 0.2) is 24.3 Å². The number of rotatable bonds is 8. The Morgan fingerprint density at radius 2 is 1.78 bits per heavy atom. The highest BCUT2D eigenvalue weighted by molar-refractivity contribution is 8.16. The molecule has 4 rings (SSSR count). The molecule has 0 bridgehead atoms. The first-order valence-electron chi connectivity index (χ1n) is 11.2. The molecule has 0 spiro atoms. The van der Waals surface area contributed by atoms with Crippen LogP contribution in [0.25, 0.3) is 0 Å². The number of hydrogen-bond donors (Lipinski definition) is 2. The normalized spacial score (nSPS) is 16.4. The smallest absolute Gasteiger partial charge is 0.256 e. The predicted molar refractivity (Wildman–Crippen MR) is 136 cm³/mol. The highest BCUT2D eigenvalue weighted by Gasteiger charge is 2.26. The minimum absolute atomic E-state index is 0.0995. The molecule has 1 fully saturated rings. The number of fused-ring (bicyclic) bond motifs is 1. The van der Waals surface area contributed by atoms with Crippen LogP contribution >= 0.6 is 34.9 Å². The van der Waals surface area contributed by atoms with Crippen LogP contribution in [-0.2, 0) is 17.6 Å². The molecule has 0 saturated carbocycles. The first kappa shape index (κ1) is 23.7.